The first kappa shape index (κ1) is 14.0. The fourth-order valence-electron chi connectivity index (χ4n) is 2.45. The van der Waals surface area contributed by atoms with Gasteiger partial charge in [0.05, 0.1) is 13.2 Å². The highest BCUT2D eigenvalue weighted by molar-refractivity contribution is 5.45. The maximum atomic E-state index is 5.37. The average molecular weight is 283 g/mol. The van der Waals surface area contributed by atoms with Crippen LogP contribution in [0.25, 0.3) is 0 Å². The Balaban J connectivity index is 1.51. The zero-order valence-electron chi connectivity index (χ0n) is 12.2. The monoisotopic (exact) mass is 283 g/mol. The van der Waals surface area contributed by atoms with Crippen LogP contribution in [0, 0.1) is 0 Å². The Labute approximate surface area is 125 Å². The topological polar surface area (TPSA) is 37.4 Å². The molecule has 1 aliphatic rings. The molecule has 0 bridgehead atoms. The summed E-state index contributed by atoms with van der Waals surface area (Å²) in [4.78, 5) is 6.55. The molecule has 0 amide bonds. The van der Waals surface area contributed by atoms with E-state index in [1.54, 1.807) is 6.20 Å². The summed E-state index contributed by atoms with van der Waals surface area (Å²) in [6.07, 6.45) is 3.68. The summed E-state index contributed by atoms with van der Waals surface area (Å²) in [6, 6.07) is 12.7. The Bertz CT molecular complexity index is 536. The zero-order chi connectivity index (χ0) is 14.3. The van der Waals surface area contributed by atoms with Gasteiger partial charge in [-0.3, -0.25) is 9.88 Å². The number of benzene rings is 1. The molecule has 0 unspecified atom stereocenters. The van der Waals surface area contributed by atoms with Gasteiger partial charge in [-0.25, -0.2) is 0 Å². The highest BCUT2D eigenvalue weighted by atomic mass is 16.5. The number of pyridine rings is 1. The van der Waals surface area contributed by atoms with E-state index in [0.717, 1.165) is 45.1 Å². The predicted octanol–water partition coefficient (Wildman–Crippen LogP) is 2.53. The van der Waals surface area contributed by atoms with Gasteiger partial charge >= 0.3 is 0 Å². The van der Waals surface area contributed by atoms with Crippen LogP contribution < -0.4 is 5.32 Å². The van der Waals surface area contributed by atoms with Crippen molar-refractivity contribution in [2.75, 3.05) is 31.6 Å². The van der Waals surface area contributed by atoms with Crippen LogP contribution in [0.3, 0.4) is 0 Å². The molecule has 1 aromatic carbocycles. The Kier molecular flexibility index (Phi) is 4.82. The second-order valence-corrected chi connectivity index (χ2v) is 5.30. The van der Waals surface area contributed by atoms with Gasteiger partial charge in [-0.15, -0.1) is 0 Å². The van der Waals surface area contributed by atoms with Gasteiger partial charge < -0.3 is 10.1 Å². The van der Waals surface area contributed by atoms with Crippen LogP contribution in [-0.2, 0) is 17.8 Å². The molecule has 110 valence electrons. The molecule has 4 heteroatoms. The van der Waals surface area contributed by atoms with Crippen molar-refractivity contribution in [1.29, 1.82) is 0 Å². The van der Waals surface area contributed by atoms with Crippen molar-refractivity contribution in [2.24, 2.45) is 0 Å². The van der Waals surface area contributed by atoms with E-state index in [-0.39, 0.29) is 0 Å². The Hall–Kier alpha value is -1.91. The molecule has 0 atom stereocenters. The molecule has 0 radical (unpaired) electrons. The first-order valence-corrected chi connectivity index (χ1v) is 7.42. The predicted molar refractivity (Wildman–Crippen MR) is 84.1 cm³/mol. The van der Waals surface area contributed by atoms with Gasteiger partial charge in [0.2, 0.25) is 0 Å². The van der Waals surface area contributed by atoms with Gasteiger partial charge in [0, 0.05) is 44.3 Å². The van der Waals surface area contributed by atoms with E-state index in [1.165, 1.54) is 11.1 Å². The number of rotatable bonds is 5. The minimum Gasteiger partial charge on any atom is -0.381 e. The van der Waals surface area contributed by atoms with E-state index in [9.17, 15) is 0 Å². The van der Waals surface area contributed by atoms with Crippen LogP contribution in [0.1, 0.15) is 11.1 Å². The first-order chi connectivity index (χ1) is 10.4. The van der Waals surface area contributed by atoms with Crippen molar-refractivity contribution in [3.05, 3.63) is 59.9 Å². The maximum absolute atomic E-state index is 5.37. The number of anilines is 1. The van der Waals surface area contributed by atoms with Crippen LogP contribution in [0.5, 0.6) is 0 Å². The number of ether oxygens (including phenoxy) is 1. The lowest BCUT2D eigenvalue weighted by molar-refractivity contribution is 0.0342. The second kappa shape index (κ2) is 7.20. The molecule has 2 aromatic rings. The number of hydrogen-bond donors (Lipinski definition) is 1. The van der Waals surface area contributed by atoms with E-state index in [2.05, 4.69) is 45.5 Å². The summed E-state index contributed by atoms with van der Waals surface area (Å²) in [5.41, 5.74) is 3.68. The Morgan fingerprint density at radius 2 is 1.86 bits per heavy atom. The molecule has 1 N–H and O–H groups in total. The number of aromatic nitrogens is 1. The fraction of sp³-hybridized carbons (Fsp3) is 0.353. The van der Waals surface area contributed by atoms with E-state index in [4.69, 9.17) is 4.74 Å². The summed E-state index contributed by atoms with van der Waals surface area (Å²) in [5, 5.41) is 3.42. The molecule has 21 heavy (non-hydrogen) atoms. The lowest BCUT2D eigenvalue weighted by atomic mass is 10.2. The zero-order valence-corrected chi connectivity index (χ0v) is 12.2. The van der Waals surface area contributed by atoms with Gasteiger partial charge in [-0.2, -0.15) is 0 Å². The molecular formula is C17H21N3O. The highest BCUT2D eigenvalue weighted by Gasteiger charge is 2.10. The SMILES string of the molecule is c1cncc(CNc2ccc(CN3CCOCC3)cc2)c1. The lowest BCUT2D eigenvalue weighted by Gasteiger charge is -2.26. The highest BCUT2D eigenvalue weighted by Crippen LogP contribution is 2.13. The molecule has 0 saturated carbocycles. The molecule has 0 spiro atoms. The number of hydrogen-bond acceptors (Lipinski definition) is 4. The van der Waals surface area contributed by atoms with Gasteiger partial charge in [-0.1, -0.05) is 18.2 Å². The smallest absolute Gasteiger partial charge is 0.0594 e. The fourth-order valence-corrected chi connectivity index (χ4v) is 2.45. The van der Waals surface area contributed by atoms with Gasteiger partial charge in [0.15, 0.2) is 0 Å². The van der Waals surface area contributed by atoms with E-state index < -0.39 is 0 Å². The van der Waals surface area contributed by atoms with Crippen LogP contribution in [-0.4, -0.2) is 36.2 Å². The van der Waals surface area contributed by atoms with Gasteiger partial charge in [-0.05, 0) is 29.3 Å². The first-order valence-electron chi connectivity index (χ1n) is 7.42. The van der Waals surface area contributed by atoms with Crippen molar-refractivity contribution in [3.63, 3.8) is 0 Å². The molecule has 0 aliphatic carbocycles. The Morgan fingerprint density at radius 3 is 2.57 bits per heavy atom. The lowest BCUT2D eigenvalue weighted by Crippen LogP contribution is -2.35. The third-order valence-electron chi connectivity index (χ3n) is 3.68. The van der Waals surface area contributed by atoms with Gasteiger partial charge in [0.1, 0.15) is 0 Å². The molecular weight excluding hydrogens is 262 g/mol. The molecule has 1 aromatic heterocycles. The summed E-state index contributed by atoms with van der Waals surface area (Å²) in [5.74, 6) is 0. The second-order valence-electron chi connectivity index (χ2n) is 5.30. The van der Waals surface area contributed by atoms with E-state index >= 15 is 0 Å². The third kappa shape index (κ3) is 4.28. The van der Waals surface area contributed by atoms with Crippen molar-refractivity contribution >= 4 is 5.69 Å². The summed E-state index contributed by atoms with van der Waals surface area (Å²) >= 11 is 0. The minimum atomic E-state index is 0.802. The maximum Gasteiger partial charge on any atom is 0.0594 e. The van der Waals surface area contributed by atoms with Crippen LogP contribution in [0.4, 0.5) is 5.69 Å². The molecule has 3 rings (SSSR count). The average Bonchev–Trinajstić information content (AvgIpc) is 2.56. The third-order valence-corrected chi connectivity index (χ3v) is 3.68. The van der Waals surface area contributed by atoms with Gasteiger partial charge in [0.25, 0.3) is 0 Å². The van der Waals surface area contributed by atoms with Crippen molar-refractivity contribution in [3.8, 4) is 0 Å². The number of morpholine rings is 1. The van der Waals surface area contributed by atoms with Crippen molar-refractivity contribution < 1.29 is 4.74 Å². The molecule has 1 saturated heterocycles. The minimum absolute atomic E-state index is 0.802. The molecule has 1 aliphatic heterocycles. The standard InChI is InChI=1S/C17H21N3O/c1-2-16(12-18-7-1)13-19-17-5-3-15(4-6-17)14-20-8-10-21-11-9-20/h1-7,12,19H,8-11,13-14H2. The van der Waals surface area contributed by atoms with E-state index in [0.29, 0.717) is 0 Å². The van der Waals surface area contributed by atoms with Crippen LogP contribution >= 0.6 is 0 Å². The summed E-state index contributed by atoms with van der Waals surface area (Å²) in [7, 11) is 0. The summed E-state index contributed by atoms with van der Waals surface area (Å²) < 4.78 is 5.37. The largest absolute Gasteiger partial charge is 0.381 e. The number of nitrogens with zero attached hydrogens (tertiary/aromatic N) is 2. The van der Waals surface area contributed by atoms with Crippen molar-refractivity contribution in [2.45, 2.75) is 13.1 Å². The quantitative estimate of drug-likeness (QED) is 0.915. The summed E-state index contributed by atoms with van der Waals surface area (Å²) in [6.45, 7) is 5.57. The van der Waals surface area contributed by atoms with E-state index in [1.807, 2.05) is 12.3 Å². The molecule has 2 heterocycles. The normalized spacial score (nSPS) is 15.8. The Morgan fingerprint density at radius 1 is 1.05 bits per heavy atom. The molecule has 1 fully saturated rings. The van der Waals surface area contributed by atoms with Crippen molar-refractivity contribution in [1.82, 2.24) is 9.88 Å². The van der Waals surface area contributed by atoms with Crippen LogP contribution in [0.15, 0.2) is 48.8 Å². The van der Waals surface area contributed by atoms with Crippen LogP contribution in [0.2, 0.25) is 0 Å². The molecule has 4 nitrogen and oxygen atoms in total. The number of nitrogens with one attached hydrogen (secondary N) is 1.